The zero-order chi connectivity index (χ0) is 18.1. The molecule has 0 saturated carbocycles. The molecular formula is C17H35O6P. The van der Waals surface area contributed by atoms with Gasteiger partial charge in [0.1, 0.15) is 13.2 Å². The molecule has 0 fully saturated rings. The number of rotatable bonds is 18. The minimum absolute atomic E-state index is 0.155. The third kappa shape index (κ3) is 19.8. The Morgan fingerprint density at radius 2 is 1.25 bits per heavy atom. The highest BCUT2D eigenvalue weighted by Gasteiger charge is 2.16. The molecule has 7 heteroatoms. The van der Waals surface area contributed by atoms with Gasteiger partial charge in [-0.3, -0.25) is 9.32 Å². The molecular weight excluding hydrogens is 331 g/mol. The molecule has 0 aliphatic carbocycles. The van der Waals surface area contributed by atoms with E-state index in [4.69, 9.17) is 14.5 Å². The Morgan fingerprint density at radius 3 is 1.71 bits per heavy atom. The van der Waals surface area contributed by atoms with Crippen LogP contribution in [0.2, 0.25) is 0 Å². The second kappa shape index (κ2) is 16.2. The van der Waals surface area contributed by atoms with Gasteiger partial charge in [0, 0.05) is 6.61 Å². The summed E-state index contributed by atoms with van der Waals surface area (Å²) in [5.41, 5.74) is 0. The summed E-state index contributed by atoms with van der Waals surface area (Å²) in [6, 6.07) is 0. The van der Waals surface area contributed by atoms with E-state index in [1.807, 2.05) is 0 Å². The SMILES string of the molecule is CCCCCCCCCCCCCCOCC(=O)COP(=O)(O)O. The molecule has 0 aromatic heterocycles. The molecule has 0 amide bonds. The lowest BCUT2D eigenvalue weighted by Crippen LogP contribution is -2.15. The monoisotopic (exact) mass is 366 g/mol. The zero-order valence-electron chi connectivity index (χ0n) is 15.1. The molecule has 0 spiro atoms. The van der Waals surface area contributed by atoms with Crippen LogP contribution in [0.5, 0.6) is 0 Å². The highest BCUT2D eigenvalue weighted by Crippen LogP contribution is 2.35. The number of carbonyl (C=O) groups excluding carboxylic acids is 1. The summed E-state index contributed by atoms with van der Waals surface area (Å²) >= 11 is 0. The van der Waals surface area contributed by atoms with Crippen LogP contribution in [0, 0.1) is 0 Å². The van der Waals surface area contributed by atoms with Gasteiger partial charge in [-0.05, 0) is 6.42 Å². The van der Waals surface area contributed by atoms with Crippen molar-refractivity contribution >= 4 is 13.6 Å². The van der Waals surface area contributed by atoms with E-state index in [9.17, 15) is 9.36 Å². The van der Waals surface area contributed by atoms with Crippen molar-refractivity contribution < 1.29 is 28.4 Å². The smallest absolute Gasteiger partial charge is 0.374 e. The molecule has 0 unspecified atom stereocenters. The number of carbonyl (C=O) groups is 1. The first-order chi connectivity index (χ1) is 11.5. The van der Waals surface area contributed by atoms with E-state index in [1.165, 1.54) is 64.2 Å². The van der Waals surface area contributed by atoms with Gasteiger partial charge in [0.25, 0.3) is 0 Å². The number of phosphoric ester groups is 1. The predicted octanol–water partition coefficient (Wildman–Crippen LogP) is 4.38. The zero-order valence-corrected chi connectivity index (χ0v) is 16.0. The van der Waals surface area contributed by atoms with Crippen molar-refractivity contribution in [1.29, 1.82) is 0 Å². The summed E-state index contributed by atoms with van der Waals surface area (Å²) in [5, 5.41) is 0. The average molecular weight is 366 g/mol. The van der Waals surface area contributed by atoms with Gasteiger partial charge in [-0.2, -0.15) is 0 Å². The Kier molecular flexibility index (Phi) is 16.0. The standard InChI is InChI=1S/C17H35O6P/c1-2-3-4-5-6-7-8-9-10-11-12-13-14-22-15-17(18)16-23-24(19,20)21/h2-16H2,1H3,(H2,19,20,21). The van der Waals surface area contributed by atoms with Gasteiger partial charge in [-0.1, -0.05) is 77.6 Å². The van der Waals surface area contributed by atoms with Crippen molar-refractivity contribution in [3.05, 3.63) is 0 Å². The Hall–Kier alpha value is -0.260. The lowest BCUT2D eigenvalue weighted by atomic mass is 10.1. The lowest BCUT2D eigenvalue weighted by Gasteiger charge is -2.06. The number of ketones is 1. The molecule has 0 aliphatic heterocycles. The van der Waals surface area contributed by atoms with Gasteiger partial charge in [-0.25, -0.2) is 4.57 Å². The van der Waals surface area contributed by atoms with Gasteiger partial charge in [0.15, 0.2) is 5.78 Å². The average Bonchev–Trinajstić information content (AvgIpc) is 2.52. The molecule has 2 N–H and O–H groups in total. The summed E-state index contributed by atoms with van der Waals surface area (Å²) in [7, 11) is -4.57. The largest absolute Gasteiger partial charge is 0.470 e. The summed E-state index contributed by atoms with van der Waals surface area (Å²) < 4.78 is 19.7. The van der Waals surface area contributed by atoms with Gasteiger partial charge < -0.3 is 14.5 Å². The van der Waals surface area contributed by atoms with Crippen LogP contribution in [-0.2, 0) is 18.6 Å². The first kappa shape index (κ1) is 23.7. The molecule has 0 radical (unpaired) electrons. The topological polar surface area (TPSA) is 93.1 Å². The van der Waals surface area contributed by atoms with Crippen LogP contribution in [0.1, 0.15) is 84.0 Å². The fraction of sp³-hybridized carbons (Fsp3) is 0.941. The first-order valence-electron chi connectivity index (χ1n) is 9.25. The summed E-state index contributed by atoms with van der Waals surface area (Å²) in [6.07, 6.45) is 15.2. The molecule has 0 saturated heterocycles. The van der Waals surface area contributed by atoms with E-state index in [2.05, 4.69) is 11.4 Å². The first-order valence-corrected chi connectivity index (χ1v) is 10.8. The third-order valence-corrected chi connectivity index (χ3v) is 4.26. The van der Waals surface area contributed by atoms with Crippen molar-refractivity contribution in [2.45, 2.75) is 84.0 Å². The highest BCUT2D eigenvalue weighted by molar-refractivity contribution is 7.46. The number of Topliss-reactive ketones (excluding diaryl/α,β-unsaturated/α-hetero) is 1. The summed E-state index contributed by atoms with van der Waals surface area (Å²) in [5.74, 6) is -0.461. The second-order valence-corrected chi connectivity index (χ2v) is 7.48. The third-order valence-electron chi connectivity index (χ3n) is 3.80. The number of ether oxygens (including phenoxy) is 1. The number of hydrogen-bond donors (Lipinski definition) is 2. The van der Waals surface area contributed by atoms with E-state index in [1.54, 1.807) is 0 Å². The van der Waals surface area contributed by atoms with Crippen molar-refractivity contribution in [2.75, 3.05) is 19.8 Å². The number of phosphoric acid groups is 1. The van der Waals surface area contributed by atoms with E-state index in [0.29, 0.717) is 6.61 Å². The van der Waals surface area contributed by atoms with Crippen LogP contribution in [-0.4, -0.2) is 35.4 Å². The molecule has 0 atom stereocenters. The molecule has 24 heavy (non-hydrogen) atoms. The van der Waals surface area contributed by atoms with Crippen LogP contribution in [0.4, 0.5) is 0 Å². The Bertz CT molecular complexity index is 342. The Labute approximate surface area is 146 Å². The van der Waals surface area contributed by atoms with Crippen molar-refractivity contribution in [1.82, 2.24) is 0 Å². The van der Waals surface area contributed by atoms with Crippen molar-refractivity contribution in [3.8, 4) is 0 Å². The van der Waals surface area contributed by atoms with Crippen LogP contribution in [0.15, 0.2) is 0 Å². The predicted molar refractivity (Wildman–Crippen MR) is 94.9 cm³/mol. The molecule has 0 aromatic rings. The summed E-state index contributed by atoms with van der Waals surface area (Å²) in [4.78, 5) is 28.1. The van der Waals surface area contributed by atoms with E-state index >= 15 is 0 Å². The van der Waals surface area contributed by atoms with Gasteiger partial charge >= 0.3 is 7.82 Å². The minimum Gasteiger partial charge on any atom is -0.374 e. The van der Waals surface area contributed by atoms with Crippen molar-refractivity contribution in [2.24, 2.45) is 0 Å². The molecule has 0 heterocycles. The fourth-order valence-corrected chi connectivity index (χ4v) is 2.74. The maximum absolute atomic E-state index is 11.2. The molecule has 144 valence electrons. The Morgan fingerprint density at radius 1 is 0.792 bits per heavy atom. The maximum atomic E-state index is 11.2. The quantitative estimate of drug-likeness (QED) is 0.276. The number of hydrogen-bond acceptors (Lipinski definition) is 4. The number of unbranched alkanes of at least 4 members (excludes halogenated alkanes) is 11. The normalized spacial score (nSPS) is 11.8. The minimum atomic E-state index is -4.57. The molecule has 0 rings (SSSR count). The van der Waals surface area contributed by atoms with Gasteiger partial charge in [0.2, 0.25) is 0 Å². The molecule has 6 nitrogen and oxygen atoms in total. The molecule has 0 bridgehead atoms. The maximum Gasteiger partial charge on any atom is 0.470 e. The summed E-state index contributed by atoms with van der Waals surface area (Å²) in [6.45, 7) is 1.98. The molecule has 0 aliphatic rings. The highest BCUT2D eigenvalue weighted by atomic mass is 31.2. The lowest BCUT2D eigenvalue weighted by molar-refractivity contribution is -0.126. The van der Waals surface area contributed by atoms with E-state index in [0.717, 1.165) is 12.8 Å². The fourth-order valence-electron chi connectivity index (χ4n) is 2.43. The van der Waals surface area contributed by atoms with E-state index in [-0.39, 0.29) is 6.61 Å². The van der Waals surface area contributed by atoms with Gasteiger partial charge in [-0.15, -0.1) is 0 Å². The van der Waals surface area contributed by atoms with Crippen molar-refractivity contribution in [3.63, 3.8) is 0 Å². The Balaban J connectivity index is 3.17. The molecule has 0 aromatic carbocycles. The van der Waals surface area contributed by atoms with Crippen LogP contribution in [0.25, 0.3) is 0 Å². The van der Waals surface area contributed by atoms with Crippen LogP contribution >= 0.6 is 7.82 Å². The second-order valence-electron chi connectivity index (χ2n) is 6.24. The van der Waals surface area contributed by atoms with Gasteiger partial charge in [0.05, 0.1) is 0 Å². The van der Waals surface area contributed by atoms with E-state index < -0.39 is 20.2 Å². The van der Waals surface area contributed by atoms with Crippen LogP contribution in [0.3, 0.4) is 0 Å². The van der Waals surface area contributed by atoms with Crippen LogP contribution < -0.4 is 0 Å².